The molecule has 0 spiro atoms. The molecule has 2 amide bonds. The van der Waals surface area contributed by atoms with Gasteiger partial charge in [0.25, 0.3) is 17.4 Å². The van der Waals surface area contributed by atoms with E-state index < -0.39 is 0 Å². The SMILES string of the molecule is CNC(=O)c1ccc(-n2c(N(Cc3ccccc3)C3CCC3)nc3c(c2=O)C[C@H](C)N(C(=O)c2ccc(Br)c(C)c2)C3)cc1. The van der Waals surface area contributed by atoms with Gasteiger partial charge in [-0.25, -0.2) is 9.55 Å². The number of carbonyl (C=O) groups is 2. The number of rotatable bonds is 7. The van der Waals surface area contributed by atoms with E-state index in [0.29, 0.717) is 47.0 Å². The largest absolute Gasteiger partial charge is 0.355 e. The lowest BCUT2D eigenvalue weighted by atomic mass is 9.91. The molecule has 1 aromatic heterocycles. The van der Waals surface area contributed by atoms with Gasteiger partial charge in [-0.3, -0.25) is 14.4 Å². The number of hydrogen-bond donors (Lipinski definition) is 1. The van der Waals surface area contributed by atoms with Crippen molar-refractivity contribution >= 4 is 33.7 Å². The number of hydrogen-bond acceptors (Lipinski definition) is 5. The smallest absolute Gasteiger partial charge is 0.263 e. The lowest BCUT2D eigenvalue weighted by molar-refractivity contribution is 0.0652. The molecule has 2 aliphatic rings. The van der Waals surface area contributed by atoms with Gasteiger partial charge in [0.1, 0.15) is 0 Å². The molecule has 0 radical (unpaired) electrons. The molecule has 1 saturated carbocycles. The summed E-state index contributed by atoms with van der Waals surface area (Å²) in [5.74, 6) is 0.306. The van der Waals surface area contributed by atoms with Crippen LogP contribution in [-0.2, 0) is 19.5 Å². The van der Waals surface area contributed by atoms with Crippen LogP contribution in [0.1, 0.15) is 69.3 Å². The van der Waals surface area contributed by atoms with Crippen molar-refractivity contribution < 1.29 is 9.59 Å². The highest BCUT2D eigenvalue weighted by Gasteiger charge is 2.35. The van der Waals surface area contributed by atoms with Crippen molar-refractivity contribution in [3.8, 4) is 5.69 Å². The second-order valence-electron chi connectivity index (χ2n) is 11.8. The van der Waals surface area contributed by atoms with Gasteiger partial charge in [-0.15, -0.1) is 0 Å². The predicted octanol–water partition coefficient (Wildman–Crippen LogP) is 5.81. The number of nitrogens with zero attached hydrogens (tertiary/aromatic N) is 4. The number of carbonyl (C=O) groups excluding carboxylic acids is 2. The van der Waals surface area contributed by atoms with Crippen molar-refractivity contribution in [2.45, 2.75) is 64.7 Å². The molecule has 0 saturated heterocycles. The van der Waals surface area contributed by atoms with Crippen LogP contribution in [0.2, 0.25) is 0 Å². The number of aromatic nitrogens is 2. The molecule has 1 atom stereocenters. The minimum Gasteiger partial charge on any atom is -0.355 e. The first-order chi connectivity index (χ1) is 21.2. The summed E-state index contributed by atoms with van der Waals surface area (Å²) in [5, 5.41) is 2.65. The van der Waals surface area contributed by atoms with E-state index in [1.165, 1.54) is 0 Å². The molecule has 3 aromatic carbocycles. The van der Waals surface area contributed by atoms with Gasteiger partial charge in [-0.2, -0.15) is 0 Å². The third kappa shape index (κ3) is 5.68. The maximum atomic E-state index is 14.5. The fourth-order valence-electron chi connectivity index (χ4n) is 6.03. The van der Waals surface area contributed by atoms with E-state index in [1.807, 2.05) is 67.3 Å². The molecule has 44 heavy (non-hydrogen) atoms. The van der Waals surface area contributed by atoms with E-state index in [1.54, 1.807) is 23.7 Å². The fourth-order valence-corrected chi connectivity index (χ4v) is 6.28. The molecular formula is C35H36BrN5O3. The normalized spacial score (nSPS) is 16.2. The Bertz CT molecular complexity index is 1770. The van der Waals surface area contributed by atoms with Gasteiger partial charge < -0.3 is 15.1 Å². The quantitative estimate of drug-likeness (QED) is 0.272. The van der Waals surface area contributed by atoms with Crippen molar-refractivity contribution in [1.29, 1.82) is 0 Å². The van der Waals surface area contributed by atoms with E-state index in [2.05, 4.69) is 38.3 Å². The summed E-state index contributed by atoms with van der Waals surface area (Å²) in [6.07, 6.45) is 3.55. The Kier molecular flexibility index (Phi) is 8.40. The van der Waals surface area contributed by atoms with Crippen molar-refractivity contribution in [3.05, 3.63) is 121 Å². The van der Waals surface area contributed by atoms with Crippen LogP contribution in [-0.4, -0.2) is 45.4 Å². The van der Waals surface area contributed by atoms with Crippen LogP contribution in [0.3, 0.4) is 0 Å². The number of anilines is 1. The minimum absolute atomic E-state index is 0.0730. The molecule has 1 N–H and O–H groups in total. The fraction of sp³-hybridized carbons (Fsp3) is 0.314. The van der Waals surface area contributed by atoms with Crippen LogP contribution in [0, 0.1) is 6.92 Å². The molecular weight excluding hydrogens is 618 g/mol. The van der Waals surface area contributed by atoms with Gasteiger partial charge in [0, 0.05) is 46.8 Å². The zero-order valence-electron chi connectivity index (χ0n) is 25.2. The Morgan fingerprint density at radius 3 is 2.36 bits per heavy atom. The number of halogens is 1. The molecule has 2 heterocycles. The number of amides is 2. The maximum absolute atomic E-state index is 14.5. The summed E-state index contributed by atoms with van der Waals surface area (Å²) < 4.78 is 2.66. The summed E-state index contributed by atoms with van der Waals surface area (Å²) in [5.41, 5.74) is 5.04. The lowest BCUT2D eigenvalue weighted by Gasteiger charge is -2.40. The number of nitrogens with one attached hydrogen (secondary N) is 1. The second kappa shape index (κ2) is 12.4. The van der Waals surface area contributed by atoms with Crippen LogP contribution in [0.4, 0.5) is 5.95 Å². The highest BCUT2D eigenvalue weighted by molar-refractivity contribution is 9.10. The van der Waals surface area contributed by atoms with Gasteiger partial charge in [0.2, 0.25) is 5.95 Å². The van der Waals surface area contributed by atoms with Crippen molar-refractivity contribution in [1.82, 2.24) is 19.8 Å². The van der Waals surface area contributed by atoms with E-state index in [4.69, 9.17) is 4.98 Å². The second-order valence-corrected chi connectivity index (χ2v) is 12.6. The molecule has 6 rings (SSSR count). The Hall–Kier alpha value is -4.24. The van der Waals surface area contributed by atoms with Gasteiger partial charge >= 0.3 is 0 Å². The number of aryl methyl sites for hydroxylation is 1. The van der Waals surface area contributed by atoms with Crippen LogP contribution in [0.25, 0.3) is 5.69 Å². The monoisotopic (exact) mass is 653 g/mol. The van der Waals surface area contributed by atoms with Gasteiger partial charge in [0.15, 0.2) is 0 Å². The number of fused-ring (bicyclic) bond motifs is 1. The van der Waals surface area contributed by atoms with E-state index in [0.717, 1.165) is 34.9 Å². The molecule has 0 unspecified atom stereocenters. The van der Waals surface area contributed by atoms with Gasteiger partial charge in [-0.05, 0) is 93.1 Å². The molecule has 8 nitrogen and oxygen atoms in total. The third-order valence-electron chi connectivity index (χ3n) is 8.84. The Labute approximate surface area is 265 Å². The Morgan fingerprint density at radius 2 is 1.73 bits per heavy atom. The van der Waals surface area contributed by atoms with Crippen molar-refractivity contribution in [2.75, 3.05) is 11.9 Å². The highest BCUT2D eigenvalue weighted by Crippen LogP contribution is 2.33. The van der Waals surface area contributed by atoms with E-state index in [-0.39, 0.29) is 36.0 Å². The molecule has 0 bridgehead atoms. The van der Waals surface area contributed by atoms with Crippen molar-refractivity contribution in [2.24, 2.45) is 0 Å². The summed E-state index contributed by atoms with van der Waals surface area (Å²) >= 11 is 3.53. The van der Waals surface area contributed by atoms with E-state index in [9.17, 15) is 14.4 Å². The first kappa shape index (κ1) is 29.8. The Morgan fingerprint density at radius 1 is 1.02 bits per heavy atom. The molecule has 1 aliphatic heterocycles. The third-order valence-corrected chi connectivity index (χ3v) is 9.73. The van der Waals surface area contributed by atoms with Crippen molar-refractivity contribution in [3.63, 3.8) is 0 Å². The standard InChI is InChI=1S/C35H36BrN5O3/c1-22-18-26(14-17-30(22)36)33(43)39-21-31-29(19-23(39)2)34(44)41(28-15-12-25(13-16-28)32(42)37-3)35(38-31)40(27-10-7-11-27)20-24-8-5-4-6-9-24/h4-6,8-9,12-18,23,27H,7,10-11,19-21H2,1-3H3,(H,37,42)/t23-/m0/s1. The molecule has 9 heteroatoms. The van der Waals surface area contributed by atoms with Gasteiger partial charge in [0.05, 0.1) is 17.9 Å². The number of benzene rings is 3. The molecule has 226 valence electrons. The zero-order valence-corrected chi connectivity index (χ0v) is 26.8. The highest BCUT2D eigenvalue weighted by atomic mass is 79.9. The summed E-state index contributed by atoms with van der Waals surface area (Å²) in [6.45, 7) is 4.81. The average molecular weight is 655 g/mol. The summed E-state index contributed by atoms with van der Waals surface area (Å²) in [6, 6.07) is 23.0. The zero-order chi connectivity index (χ0) is 31.0. The van der Waals surface area contributed by atoms with E-state index >= 15 is 0 Å². The Balaban J connectivity index is 1.47. The summed E-state index contributed by atoms with van der Waals surface area (Å²) in [7, 11) is 1.60. The predicted molar refractivity (Wildman–Crippen MR) is 175 cm³/mol. The first-order valence-electron chi connectivity index (χ1n) is 15.1. The summed E-state index contributed by atoms with van der Waals surface area (Å²) in [4.78, 5) is 49.8. The first-order valence-corrected chi connectivity index (χ1v) is 15.9. The van der Waals surface area contributed by atoms with Gasteiger partial charge in [-0.1, -0.05) is 46.3 Å². The topological polar surface area (TPSA) is 87.5 Å². The lowest BCUT2D eigenvalue weighted by Crippen LogP contribution is -2.48. The van der Waals surface area contributed by atoms with Crippen LogP contribution >= 0.6 is 15.9 Å². The van der Waals surface area contributed by atoms with Crippen LogP contribution in [0.5, 0.6) is 0 Å². The minimum atomic E-state index is -0.188. The molecule has 4 aromatic rings. The average Bonchev–Trinajstić information content (AvgIpc) is 3.01. The molecule has 1 fully saturated rings. The van der Waals surface area contributed by atoms with Crippen LogP contribution in [0.15, 0.2) is 82.1 Å². The maximum Gasteiger partial charge on any atom is 0.263 e. The molecule has 1 aliphatic carbocycles. The van der Waals surface area contributed by atoms with Crippen LogP contribution < -0.4 is 15.8 Å².